The number of carboxylic acids is 1. The van der Waals surface area contributed by atoms with Crippen molar-refractivity contribution in [2.24, 2.45) is 11.3 Å². The SMILES string of the molecule is COc1ccc(OCCC[C@H](CC(=O)O)C(=O)N[C@H](C(=O)NC(C)(C)C)C(C)(C)C)cc1. The molecule has 0 aliphatic rings. The standard InChI is InChI=1S/C24H38N2O6/c1-23(2,3)20(22(30)26-24(4,5)6)25-21(29)16(15-19(27)28)9-8-14-32-18-12-10-17(31-7)11-13-18/h10-13,16,20H,8-9,14-15H2,1-7H3,(H,25,29)(H,26,30)(H,27,28)/t16-,20-/m1/s1. The lowest BCUT2D eigenvalue weighted by atomic mass is 9.85. The minimum Gasteiger partial charge on any atom is -0.497 e. The first-order valence-corrected chi connectivity index (χ1v) is 10.8. The summed E-state index contributed by atoms with van der Waals surface area (Å²) >= 11 is 0. The molecule has 1 aromatic rings. The van der Waals surface area contributed by atoms with Crippen molar-refractivity contribution >= 4 is 17.8 Å². The molecule has 0 fully saturated rings. The summed E-state index contributed by atoms with van der Waals surface area (Å²) < 4.78 is 10.8. The number of aliphatic carboxylic acids is 1. The van der Waals surface area contributed by atoms with Crippen LogP contribution >= 0.6 is 0 Å². The number of amides is 2. The summed E-state index contributed by atoms with van der Waals surface area (Å²) in [4.78, 5) is 37.0. The lowest BCUT2D eigenvalue weighted by Crippen LogP contribution is -2.58. The molecule has 3 N–H and O–H groups in total. The number of carbonyl (C=O) groups is 3. The van der Waals surface area contributed by atoms with Gasteiger partial charge in [0.05, 0.1) is 20.1 Å². The first-order chi connectivity index (χ1) is 14.7. The quantitative estimate of drug-likeness (QED) is 0.445. The second kappa shape index (κ2) is 11.7. The van der Waals surface area contributed by atoms with Gasteiger partial charge in [-0.2, -0.15) is 0 Å². The molecule has 32 heavy (non-hydrogen) atoms. The molecule has 2 amide bonds. The van der Waals surface area contributed by atoms with E-state index < -0.39 is 34.8 Å². The highest BCUT2D eigenvalue weighted by molar-refractivity contribution is 5.90. The molecule has 0 unspecified atom stereocenters. The van der Waals surface area contributed by atoms with E-state index in [1.54, 1.807) is 31.4 Å². The van der Waals surface area contributed by atoms with Crippen molar-refractivity contribution < 1.29 is 29.0 Å². The molecule has 1 aromatic carbocycles. The Morgan fingerprint density at radius 3 is 2.00 bits per heavy atom. The van der Waals surface area contributed by atoms with Gasteiger partial charge in [0.2, 0.25) is 11.8 Å². The van der Waals surface area contributed by atoms with E-state index in [0.29, 0.717) is 25.2 Å². The molecular weight excluding hydrogens is 412 g/mol. The van der Waals surface area contributed by atoms with Gasteiger partial charge in [0, 0.05) is 11.5 Å². The van der Waals surface area contributed by atoms with Crippen LogP contribution < -0.4 is 20.1 Å². The van der Waals surface area contributed by atoms with Crippen LogP contribution in [0.15, 0.2) is 24.3 Å². The Kier molecular flexibility index (Phi) is 10.0. The fourth-order valence-electron chi connectivity index (χ4n) is 3.11. The van der Waals surface area contributed by atoms with E-state index >= 15 is 0 Å². The van der Waals surface area contributed by atoms with Crippen molar-refractivity contribution in [2.45, 2.75) is 72.4 Å². The molecular formula is C24H38N2O6. The number of carboxylic acid groups (broad SMARTS) is 1. The fraction of sp³-hybridized carbons (Fsp3) is 0.625. The molecule has 180 valence electrons. The Morgan fingerprint density at radius 2 is 1.53 bits per heavy atom. The van der Waals surface area contributed by atoms with Crippen LogP contribution in [0.2, 0.25) is 0 Å². The minimum absolute atomic E-state index is 0.296. The van der Waals surface area contributed by atoms with Gasteiger partial charge in [-0.25, -0.2) is 0 Å². The first kappa shape index (κ1) is 27.3. The summed E-state index contributed by atoms with van der Waals surface area (Å²) in [6.45, 7) is 11.5. The molecule has 0 bridgehead atoms. The second-order valence-electron chi connectivity index (χ2n) is 10.0. The number of ether oxygens (including phenoxy) is 2. The molecule has 8 heteroatoms. The van der Waals surface area contributed by atoms with Crippen LogP contribution in [0.5, 0.6) is 11.5 Å². The molecule has 2 atom stereocenters. The maximum Gasteiger partial charge on any atom is 0.304 e. The third kappa shape index (κ3) is 10.0. The van der Waals surface area contributed by atoms with E-state index in [0.717, 1.165) is 5.75 Å². The summed E-state index contributed by atoms with van der Waals surface area (Å²) in [5.41, 5.74) is -0.999. The maximum absolute atomic E-state index is 12.9. The van der Waals surface area contributed by atoms with E-state index in [9.17, 15) is 19.5 Å². The third-order valence-corrected chi connectivity index (χ3v) is 4.73. The Bertz CT molecular complexity index is 762. The lowest BCUT2D eigenvalue weighted by molar-refractivity contribution is -0.142. The van der Waals surface area contributed by atoms with E-state index in [4.69, 9.17) is 9.47 Å². The van der Waals surface area contributed by atoms with Crippen molar-refractivity contribution in [2.75, 3.05) is 13.7 Å². The fourth-order valence-corrected chi connectivity index (χ4v) is 3.11. The summed E-state index contributed by atoms with van der Waals surface area (Å²) in [7, 11) is 1.58. The number of carbonyl (C=O) groups excluding carboxylic acids is 2. The summed E-state index contributed by atoms with van der Waals surface area (Å²) in [6.07, 6.45) is 0.504. The van der Waals surface area contributed by atoms with Gasteiger partial charge >= 0.3 is 5.97 Å². The predicted molar refractivity (Wildman–Crippen MR) is 123 cm³/mol. The zero-order chi connectivity index (χ0) is 24.5. The van der Waals surface area contributed by atoms with Crippen LogP contribution in [-0.4, -0.2) is 48.2 Å². The van der Waals surface area contributed by atoms with Crippen LogP contribution in [0.4, 0.5) is 0 Å². The zero-order valence-electron chi connectivity index (χ0n) is 20.3. The monoisotopic (exact) mass is 450 g/mol. The molecule has 1 rings (SSSR count). The zero-order valence-corrected chi connectivity index (χ0v) is 20.3. The number of nitrogens with one attached hydrogen (secondary N) is 2. The predicted octanol–water partition coefficient (Wildman–Crippen LogP) is 3.39. The number of methoxy groups -OCH3 is 1. The van der Waals surface area contributed by atoms with Gasteiger partial charge in [-0.3, -0.25) is 14.4 Å². The molecule has 0 aliphatic heterocycles. The summed E-state index contributed by atoms with van der Waals surface area (Å²) in [5, 5.41) is 14.9. The Balaban J connectivity index is 2.75. The van der Waals surface area contributed by atoms with Crippen molar-refractivity contribution in [1.82, 2.24) is 10.6 Å². The topological polar surface area (TPSA) is 114 Å². The minimum atomic E-state index is -1.06. The maximum atomic E-state index is 12.9. The van der Waals surface area contributed by atoms with Crippen LogP contribution in [0.3, 0.4) is 0 Å². The molecule has 0 spiro atoms. The van der Waals surface area contributed by atoms with E-state index in [1.807, 2.05) is 41.5 Å². The molecule has 0 saturated carbocycles. The van der Waals surface area contributed by atoms with Crippen molar-refractivity contribution in [1.29, 1.82) is 0 Å². The van der Waals surface area contributed by atoms with Crippen LogP contribution in [0, 0.1) is 11.3 Å². The summed E-state index contributed by atoms with van der Waals surface area (Å²) in [5.74, 6) is -1.18. The average Bonchev–Trinajstić information content (AvgIpc) is 2.66. The van der Waals surface area contributed by atoms with Gasteiger partial charge in [0.25, 0.3) is 0 Å². The summed E-state index contributed by atoms with van der Waals surface area (Å²) in [6, 6.07) is 6.33. The van der Waals surface area contributed by atoms with Crippen LogP contribution in [-0.2, 0) is 14.4 Å². The molecule has 0 saturated heterocycles. The number of benzene rings is 1. The van der Waals surface area contributed by atoms with Crippen LogP contribution in [0.25, 0.3) is 0 Å². The highest BCUT2D eigenvalue weighted by atomic mass is 16.5. The smallest absolute Gasteiger partial charge is 0.304 e. The van der Waals surface area contributed by atoms with Gasteiger partial charge < -0.3 is 25.2 Å². The molecule has 8 nitrogen and oxygen atoms in total. The van der Waals surface area contributed by atoms with E-state index in [1.165, 1.54) is 0 Å². The molecule has 0 heterocycles. The Labute approximate surface area is 191 Å². The van der Waals surface area contributed by atoms with Gasteiger partial charge in [0.1, 0.15) is 17.5 Å². The highest BCUT2D eigenvalue weighted by Crippen LogP contribution is 2.22. The second-order valence-corrected chi connectivity index (χ2v) is 10.0. The molecule has 0 aromatic heterocycles. The van der Waals surface area contributed by atoms with Crippen molar-refractivity contribution in [3.05, 3.63) is 24.3 Å². The molecule has 0 radical (unpaired) electrons. The number of hydrogen-bond acceptors (Lipinski definition) is 5. The largest absolute Gasteiger partial charge is 0.497 e. The van der Waals surface area contributed by atoms with E-state index in [-0.39, 0.29) is 12.3 Å². The molecule has 0 aliphatic carbocycles. The van der Waals surface area contributed by atoms with Gasteiger partial charge in [-0.15, -0.1) is 0 Å². The van der Waals surface area contributed by atoms with E-state index in [2.05, 4.69) is 10.6 Å². The Hall–Kier alpha value is -2.77. The van der Waals surface area contributed by atoms with Crippen LogP contribution in [0.1, 0.15) is 60.8 Å². The number of rotatable bonds is 11. The Morgan fingerprint density at radius 1 is 0.969 bits per heavy atom. The van der Waals surface area contributed by atoms with Gasteiger partial charge in [-0.1, -0.05) is 20.8 Å². The van der Waals surface area contributed by atoms with Crippen molar-refractivity contribution in [3.63, 3.8) is 0 Å². The average molecular weight is 451 g/mol. The van der Waals surface area contributed by atoms with Gasteiger partial charge in [-0.05, 0) is 63.3 Å². The number of hydrogen-bond donors (Lipinski definition) is 3. The third-order valence-electron chi connectivity index (χ3n) is 4.73. The normalized spacial score (nSPS) is 13.6. The lowest BCUT2D eigenvalue weighted by Gasteiger charge is -2.34. The first-order valence-electron chi connectivity index (χ1n) is 10.8. The van der Waals surface area contributed by atoms with Gasteiger partial charge in [0.15, 0.2) is 0 Å². The van der Waals surface area contributed by atoms with Crippen molar-refractivity contribution in [3.8, 4) is 11.5 Å². The highest BCUT2D eigenvalue weighted by Gasteiger charge is 2.36.